The molecule has 34 heavy (non-hydrogen) atoms. The number of nitrogens with zero attached hydrogens (tertiary/aromatic N) is 3. The fourth-order valence-electron chi connectivity index (χ4n) is 4.49. The minimum Gasteiger partial charge on any atom is -0.368 e. The molecule has 0 radical (unpaired) electrons. The second-order valence-corrected chi connectivity index (χ2v) is 9.28. The van der Waals surface area contributed by atoms with E-state index in [0.29, 0.717) is 36.1 Å². The predicted octanol–water partition coefficient (Wildman–Crippen LogP) is 3.62. The van der Waals surface area contributed by atoms with E-state index in [-0.39, 0.29) is 18.1 Å². The van der Waals surface area contributed by atoms with Crippen molar-refractivity contribution < 1.29 is 14.0 Å². The van der Waals surface area contributed by atoms with Crippen LogP contribution in [0.2, 0.25) is 0 Å². The first-order chi connectivity index (χ1) is 16.3. The summed E-state index contributed by atoms with van der Waals surface area (Å²) in [6.45, 7) is 2.05. The summed E-state index contributed by atoms with van der Waals surface area (Å²) in [4.78, 5) is 29.7. The standard InChI is InChI=1S/C26H30FN5O2/c1-26(25(28)34,30-23(33)15-18-7-5-6-8-18)16-22-29-24(20-11-13-21(27)14-12-20)32(31-22)17-19-9-3-2-4-10-19/h2-4,9-14,18H,5-8,15-17H2,1H3,(H2,28,34)(H,30,33). The molecule has 1 atom stereocenters. The smallest absolute Gasteiger partial charge is 0.243 e. The van der Waals surface area contributed by atoms with Crippen LogP contribution < -0.4 is 11.1 Å². The minimum atomic E-state index is -1.32. The lowest BCUT2D eigenvalue weighted by atomic mass is 9.95. The Morgan fingerprint density at radius 1 is 1.12 bits per heavy atom. The van der Waals surface area contributed by atoms with E-state index in [4.69, 9.17) is 5.73 Å². The van der Waals surface area contributed by atoms with Crippen molar-refractivity contribution in [3.8, 4) is 11.4 Å². The molecule has 4 rings (SSSR count). The molecule has 3 N–H and O–H groups in total. The number of hydrogen-bond donors (Lipinski definition) is 2. The van der Waals surface area contributed by atoms with E-state index in [9.17, 15) is 14.0 Å². The minimum absolute atomic E-state index is 0.0503. The number of rotatable bonds is 9. The highest BCUT2D eigenvalue weighted by molar-refractivity contribution is 5.90. The van der Waals surface area contributed by atoms with E-state index < -0.39 is 11.4 Å². The number of benzene rings is 2. The molecule has 178 valence electrons. The van der Waals surface area contributed by atoms with Crippen molar-refractivity contribution >= 4 is 11.8 Å². The highest BCUT2D eigenvalue weighted by atomic mass is 19.1. The predicted molar refractivity (Wildman–Crippen MR) is 127 cm³/mol. The maximum atomic E-state index is 13.5. The third kappa shape index (κ3) is 5.68. The summed E-state index contributed by atoms with van der Waals surface area (Å²) in [5.41, 5.74) is 6.10. The first-order valence-electron chi connectivity index (χ1n) is 11.7. The van der Waals surface area contributed by atoms with Gasteiger partial charge in [0.25, 0.3) is 0 Å². The van der Waals surface area contributed by atoms with E-state index in [0.717, 1.165) is 31.2 Å². The third-order valence-corrected chi connectivity index (χ3v) is 6.41. The second kappa shape index (κ2) is 10.2. The Kier molecular flexibility index (Phi) is 7.05. The molecular formula is C26H30FN5O2. The number of nitrogens with two attached hydrogens (primary N) is 1. The van der Waals surface area contributed by atoms with Crippen LogP contribution in [0, 0.1) is 11.7 Å². The number of halogens is 1. The van der Waals surface area contributed by atoms with Gasteiger partial charge >= 0.3 is 0 Å². The lowest BCUT2D eigenvalue weighted by Gasteiger charge is -2.27. The van der Waals surface area contributed by atoms with Gasteiger partial charge < -0.3 is 11.1 Å². The van der Waals surface area contributed by atoms with Gasteiger partial charge in [-0.1, -0.05) is 43.2 Å². The van der Waals surface area contributed by atoms with Crippen LogP contribution in [0.5, 0.6) is 0 Å². The van der Waals surface area contributed by atoms with E-state index >= 15 is 0 Å². The number of primary amides is 1. The van der Waals surface area contributed by atoms with Crippen molar-refractivity contribution in [1.82, 2.24) is 20.1 Å². The van der Waals surface area contributed by atoms with E-state index in [1.165, 1.54) is 12.1 Å². The first kappa shape index (κ1) is 23.6. The Hall–Kier alpha value is -3.55. The summed E-state index contributed by atoms with van der Waals surface area (Å²) in [6, 6.07) is 15.8. The summed E-state index contributed by atoms with van der Waals surface area (Å²) >= 11 is 0. The van der Waals surface area contributed by atoms with Crippen LogP contribution in [-0.4, -0.2) is 32.1 Å². The van der Waals surface area contributed by atoms with Crippen molar-refractivity contribution in [2.45, 2.75) is 57.5 Å². The fourth-order valence-corrected chi connectivity index (χ4v) is 4.49. The molecule has 1 saturated carbocycles. The highest BCUT2D eigenvalue weighted by Gasteiger charge is 2.36. The highest BCUT2D eigenvalue weighted by Crippen LogP contribution is 2.28. The van der Waals surface area contributed by atoms with Gasteiger partial charge in [-0.15, -0.1) is 0 Å². The molecule has 7 nitrogen and oxygen atoms in total. The van der Waals surface area contributed by atoms with Crippen LogP contribution in [-0.2, 0) is 22.6 Å². The van der Waals surface area contributed by atoms with Crippen LogP contribution in [0.4, 0.5) is 4.39 Å². The van der Waals surface area contributed by atoms with Gasteiger partial charge in [0.2, 0.25) is 11.8 Å². The molecule has 1 heterocycles. The van der Waals surface area contributed by atoms with Gasteiger partial charge in [0, 0.05) is 18.4 Å². The number of hydrogen-bond acceptors (Lipinski definition) is 4. The summed E-state index contributed by atoms with van der Waals surface area (Å²) in [5.74, 6) is 0.0983. The molecule has 0 aliphatic heterocycles. The Morgan fingerprint density at radius 2 is 1.79 bits per heavy atom. The average molecular weight is 464 g/mol. The molecule has 0 saturated heterocycles. The quantitative estimate of drug-likeness (QED) is 0.506. The Bertz CT molecular complexity index is 1140. The lowest BCUT2D eigenvalue weighted by molar-refractivity contribution is -0.131. The van der Waals surface area contributed by atoms with E-state index in [2.05, 4.69) is 15.4 Å². The van der Waals surface area contributed by atoms with Crippen LogP contribution in [0.3, 0.4) is 0 Å². The molecular weight excluding hydrogens is 433 g/mol. The molecule has 1 aliphatic rings. The van der Waals surface area contributed by atoms with Crippen LogP contribution in [0.15, 0.2) is 54.6 Å². The normalized spacial score (nSPS) is 15.7. The van der Waals surface area contributed by atoms with Crippen molar-refractivity contribution in [2.24, 2.45) is 11.7 Å². The molecule has 1 aliphatic carbocycles. The number of carbonyl (C=O) groups excluding carboxylic acids is 2. The Labute approximate surface area is 198 Å². The number of amides is 2. The zero-order valence-corrected chi connectivity index (χ0v) is 19.3. The van der Waals surface area contributed by atoms with Gasteiger partial charge in [0.1, 0.15) is 11.4 Å². The van der Waals surface area contributed by atoms with Crippen molar-refractivity contribution in [1.29, 1.82) is 0 Å². The van der Waals surface area contributed by atoms with Crippen LogP contribution in [0.25, 0.3) is 11.4 Å². The van der Waals surface area contributed by atoms with Gasteiger partial charge in [-0.25, -0.2) is 14.1 Å². The summed E-state index contributed by atoms with van der Waals surface area (Å²) < 4.78 is 15.2. The SMILES string of the molecule is CC(Cc1nc(-c2ccc(F)cc2)n(Cc2ccccc2)n1)(NC(=O)CC1CCCC1)C(N)=O. The maximum Gasteiger partial charge on any atom is 0.243 e. The van der Waals surface area contributed by atoms with Crippen molar-refractivity contribution in [2.75, 3.05) is 0 Å². The lowest BCUT2D eigenvalue weighted by Crippen LogP contribution is -2.57. The topological polar surface area (TPSA) is 103 Å². The number of carbonyl (C=O) groups is 2. The van der Waals surface area contributed by atoms with Gasteiger partial charge in [0.05, 0.1) is 6.54 Å². The molecule has 1 unspecified atom stereocenters. The zero-order valence-electron chi connectivity index (χ0n) is 19.3. The molecule has 2 amide bonds. The summed E-state index contributed by atoms with van der Waals surface area (Å²) in [6.07, 6.45) is 4.79. The average Bonchev–Trinajstić information content (AvgIpc) is 3.44. The number of nitrogens with one attached hydrogen (secondary N) is 1. The molecule has 0 bridgehead atoms. The van der Waals surface area contributed by atoms with Crippen LogP contribution in [0.1, 0.15) is 50.4 Å². The first-order valence-corrected chi connectivity index (χ1v) is 11.7. The molecule has 1 fully saturated rings. The fraction of sp³-hybridized carbons (Fsp3) is 0.385. The Balaban J connectivity index is 1.59. The monoisotopic (exact) mass is 463 g/mol. The van der Waals surface area contributed by atoms with E-state index in [1.807, 2.05) is 30.3 Å². The van der Waals surface area contributed by atoms with E-state index in [1.54, 1.807) is 23.7 Å². The van der Waals surface area contributed by atoms with Crippen molar-refractivity contribution in [3.05, 3.63) is 71.8 Å². The summed E-state index contributed by atoms with van der Waals surface area (Å²) in [7, 11) is 0. The maximum absolute atomic E-state index is 13.5. The Morgan fingerprint density at radius 3 is 2.44 bits per heavy atom. The third-order valence-electron chi connectivity index (χ3n) is 6.41. The zero-order chi connectivity index (χ0) is 24.1. The van der Waals surface area contributed by atoms with Gasteiger partial charge in [-0.2, -0.15) is 5.10 Å². The van der Waals surface area contributed by atoms with Gasteiger partial charge in [0.15, 0.2) is 11.6 Å². The second-order valence-electron chi connectivity index (χ2n) is 9.28. The number of aromatic nitrogens is 3. The van der Waals surface area contributed by atoms with Crippen molar-refractivity contribution in [3.63, 3.8) is 0 Å². The van der Waals surface area contributed by atoms with Gasteiger partial charge in [-0.3, -0.25) is 9.59 Å². The van der Waals surface area contributed by atoms with Gasteiger partial charge in [-0.05, 0) is 55.5 Å². The van der Waals surface area contributed by atoms with Crippen LogP contribution >= 0.6 is 0 Å². The molecule has 1 aromatic heterocycles. The molecule has 8 heteroatoms. The summed E-state index contributed by atoms with van der Waals surface area (Å²) in [5, 5.41) is 7.48. The molecule has 2 aromatic carbocycles. The molecule has 0 spiro atoms. The molecule has 3 aromatic rings. The largest absolute Gasteiger partial charge is 0.368 e.